The molecule has 0 saturated carbocycles. The Labute approximate surface area is 123 Å². The normalized spacial score (nSPS) is 14.3. The Balaban J connectivity index is 2.37. The number of halogens is 3. The number of hydrogen-bond donors (Lipinski definition) is 0. The van der Waals surface area contributed by atoms with Crippen molar-refractivity contribution in [1.82, 2.24) is 0 Å². The molecule has 22 heavy (non-hydrogen) atoms. The van der Waals surface area contributed by atoms with Gasteiger partial charge in [0, 0.05) is 6.54 Å². The molecule has 0 aromatic heterocycles. The highest BCUT2D eigenvalue weighted by atomic mass is 19.4. The third kappa shape index (κ3) is 2.81. The van der Waals surface area contributed by atoms with Crippen molar-refractivity contribution in [3.05, 3.63) is 29.3 Å². The van der Waals surface area contributed by atoms with Gasteiger partial charge in [0.15, 0.2) is 0 Å². The van der Waals surface area contributed by atoms with Crippen molar-refractivity contribution in [2.24, 2.45) is 0 Å². The van der Waals surface area contributed by atoms with Crippen LogP contribution in [0.4, 0.5) is 18.9 Å². The zero-order valence-electron chi connectivity index (χ0n) is 11.6. The predicted octanol–water partition coefficient (Wildman–Crippen LogP) is 2.19. The lowest BCUT2D eigenvalue weighted by Gasteiger charge is -2.20. The number of para-hydroxylation sites is 1. The Kier molecular flexibility index (Phi) is 4.20. The summed E-state index contributed by atoms with van der Waals surface area (Å²) in [4.78, 5) is 35.7. The second-order valence-corrected chi connectivity index (χ2v) is 4.54. The molecule has 0 fully saturated rings. The summed E-state index contributed by atoms with van der Waals surface area (Å²) in [7, 11) is 0. The van der Waals surface area contributed by atoms with Gasteiger partial charge in [0.25, 0.3) is 11.7 Å². The second-order valence-electron chi connectivity index (χ2n) is 4.54. The van der Waals surface area contributed by atoms with E-state index in [1.165, 1.54) is 0 Å². The fraction of sp³-hybridized carbons (Fsp3) is 0.357. The number of ketones is 1. The summed E-state index contributed by atoms with van der Waals surface area (Å²) in [5, 5.41) is 0. The van der Waals surface area contributed by atoms with Crippen LogP contribution in [-0.4, -0.2) is 30.8 Å². The van der Waals surface area contributed by atoms with Crippen LogP contribution < -0.4 is 4.90 Å². The standard InChI is InChI=1S/C14H12F3NO4/c1-2-22-10(19)6-7-18-11-8(12(20)13(18)21)4-3-5-9(11)14(15,16)17/h3-5H,2,6-7H2,1H3. The van der Waals surface area contributed by atoms with E-state index in [-0.39, 0.29) is 25.1 Å². The largest absolute Gasteiger partial charge is 0.466 e. The fourth-order valence-electron chi connectivity index (χ4n) is 2.24. The van der Waals surface area contributed by atoms with Gasteiger partial charge in [0.05, 0.1) is 29.8 Å². The van der Waals surface area contributed by atoms with Crippen LogP contribution in [0.5, 0.6) is 0 Å². The first kappa shape index (κ1) is 16.0. The van der Waals surface area contributed by atoms with Crippen molar-refractivity contribution in [1.29, 1.82) is 0 Å². The van der Waals surface area contributed by atoms with Gasteiger partial charge >= 0.3 is 12.1 Å². The maximum atomic E-state index is 13.0. The molecule has 8 heteroatoms. The highest BCUT2D eigenvalue weighted by molar-refractivity contribution is 6.52. The lowest BCUT2D eigenvalue weighted by molar-refractivity contribution is -0.142. The number of carbonyl (C=O) groups is 3. The van der Waals surface area contributed by atoms with Crippen LogP contribution in [0.15, 0.2) is 18.2 Å². The molecule has 0 radical (unpaired) electrons. The van der Waals surface area contributed by atoms with Gasteiger partial charge in [-0.05, 0) is 19.1 Å². The Morgan fingerprint density at radius 1 is 1.27 bits per heavy atom. The number of benzene rings is 1. The number of Topliss-reactive ketones (excluding diaryl/α,β-unsaturated/α-hetero) is 1. The summed E-state index contributed by atoms with van der Waals surface area (Å²) < 4.78 is 43.8. The molecule has 118 valence electrons. The van der Waals surface area contributed by atoms with Crippen LogP contribution in [0.25, 0.3) is 0 Å². The predicted molar refractivity (Wildman–Crippen MR) is 69.4 cm³/mol. The molecule has 0 N–H and O–H groups in total. The van der Waals surface area contributed by atoms with Gasteiger partial charge in [-0.3, -0.25) is 14.4 Å². The van der Waals surface area contributed by atoms with Gasteiger partial charge in [0.2, 0.25) is 0 Å². The number of hydrogen-bond acceptors (Lipinski definition) is 4. The Morgan fingerprint density at radius 3 is 2.55 bits per heavy atom. The minimum Gasteiger partial charge on any atom is -0.466 e. The molecule has 0 aliphatic carbocycles. The zero-order chi connectivity index (χ0) is 16.5. The summed E-state index contributed by atoms with van der Waals surface area (Å²) in [5.74, 6) is -2.73. The molecule has 2 rings (SSSR count). The highest BCUT2D eigenvalue weighted by Gasteiger charge is 2.44. The zero-order valence-corrected chi connectivity index (χ0v) is 11.6. The van der Waals surface area contributed by atoms with Gasteiger partial charge in [-0.2, -0.15) is 13.2 Å². The number of nitrogens with zero attached hydrogens (tertiary/aromatic N) is 1. The smallest absolute Gasteiger partial charge is 0.418 e. The number of amides is 1. The van der Waals surface area contributed by atoms with E-state index in [1.807, 2.05) is 0 Å². The number of carbonyl (C=O) groups excluding carboxylic acids is 3. The Morgan fingerprint density at radius 2 is 1.95 bits per heavy atom. The quantitative estimate of drug-likeness (QED) is 0.631. The molecule has 0 atom stereocenters. The fourth-order valence-corrected chi connectivity index (χ4v) is 2.24. The first-order chi connectivity index (χ1) is 10.3. The van der Waals surface area contributed by atoms with Gasteiger partial charge < -0.3 is 9.64 Å². The summed E-state index contributed by atoms with van der Waals surface area (Å²) in [6, 6.07) is 3.03. The molecule has 1 heterocycles. The first-order valence-corrected chi connectivity index (χ1v) is 6.49. The van der Waals surface area contributed by atoms with Gasteiger partial charge in [-0.25, -0.2) is 0 Å². The summed E-state index contributed by atoms with van der Waals surface area (Å²) in [6.45, 7) is 1.36. The molecular weight excluding hydrogens is 303 g/mol. The third-order valence-electron chi connectivity index (χ3n) is 3.14. The van der Waals surface area contributed by atoms with Crippen LogP contribution in [0.1, 0.15) is 29.3 Å². The molecule has 1 aromatic carbocycles. The van der Waals surface area contributed by atoms with Crippen molar-refractivity contribution < 1.29 is 32.3 Å². The summed E-state index contributed by atoms with van der Waals surface area (Å²) in [6.07, 6.45) is -5.00. The minimum absolute atomic E-state index is 0.121. The Bertz CT molecular complexity index is 639. The van der Waals surface area contributed by atoms with Crippen molar-refractivity contribution >= 4 is 23.3 Å². The molecule has 1 amide bonds. The average Bonchev–Trinajstić information content (AvgIpc) is 2.68. The lowest BCUT2D eigenvalue weighted by atomic mass is 10.1. The number of anilines is 1. The van der Waals surface area contributed by atoms with E-state index in [0.29, 0.717) is 4.90 Å². The minimum atomic E-state index is -4.71. The van der Waals surface area contributed by atoms with Gasteiger partial charge in [0.1, 0.15) is 0 Å². The highest BCUT2D eigenvalue weighted by Crippen LogP contribution is 2.41. The average molecular weight is 315 g/mol. The number of rotatable bonds is 4. The van der Waals surface area contributed by atoms with Gasteiger partial charge in [-0.1, -0.05) is 6.07 Å². The van der Waals surface area contributed by atoms with E-state index in [4.69, 9.17) is 0 Å². The van der Waals surface area contributed by atoms with Crippen LogP contribution in [0, 0.1) is 0 Å². The molecule has 0 spiro atoms. The van der Waals surface area contributed by atoms with Crippen molar-refractivity contribution in [3.63, 3.8) is 0 Å². The van der Waals surface area contributed by atoms with Crippen molar-refractivity contribution in [3.8, 4) is 0 Å². The molecule has 0 bridgehead atoms. The van der Waals surface area contributed by atoms with E-state index in [9.17, 15) is 27.6 Å². The van der Waals surface area contributed by atoms with E-state index in [1.54, 1.807) is 6.92 Å². The van der Waals surface area contributed by atoms with E-state index < -0.39 is 35.1 Å². The molecule has 0 saturated heterocycles. The van der Waals surface area contributed by atoms with Crippen molar-refractivity contribution in [2.75, 3.05) is 18.1 Å². The number of ether oxygens (including phenoxy) is 1. The van der Waals surface area contributed by atoms with E-state index in [0.717, 1.165) is 18.2 Å². The van der Waals surface area contributed by atoms with Crippen LogP contribution in [0.3, 0.4) is 0 Å². The lowest BCUT2D eigenvalue weighted by Crippen LogP contribution is -2.33. The maximum Gasteiger partial charge on any atom is 0.418 e. The number of fused-ring (bicyclic) bond motifs is 1. The first-order valence-electron chi connectivity index (χ1n) is 6.49. The SMILES string of the molecule is CCOC(=O)CCN1C(=O)C(=O)c2cccc(C(F)(F)F)c21. The van der Waals surface area contributed by atoms with Crippen LogP contribution >= 0.6 is 0 Å². The summed E-state index contributed by atoms with van der Waals surface area (Å²) >= 11 is 0. The molecule has 1 aromatic rings. The van der Waals surface area contributed by atoms with E-state index >= 15 is 0 Å². The number of esters is 1. The van der Waals surface area contributed by atoms with Crippen LogP contribution in [0.2, 0.25) is 0 Å². The molecule has 5 nitrogen and oxygen atoms in total. The van der Waals surface area contributed by atoms with Gasteiger partial charge in [-0.15, -0.1) is 0 Å². The third-order valence-corrected chi connectivity index (χ3v) is 3.14. The second kappa shape index (κ2) is 5.78. The molecule has 0 unspecified atom stereocenters. The monoisotopic (exact) mass is 315 g/mol. The van der Waals surface area contributed by atoms with Crippen LogP contribution in [-0.2, 0) is 20.5 Å². The summed E-state index contributed by atoms with van der Waals surface area (Å²) in [5.41, 5.74) is -1.87. The topological polar surface area (TPSA) is 63.7 Å². The van der Waals surface area contributed by atoms with E-state index in [2.05, 4.69) is 4.74 Å². The molecule has 1 aliphatic rings. The molecular formula is C14H12F3NO4. The Hall–Kier alpha value is -2.38. The van der Waals surface area contributed by atoms with Crippen molar-refractivity contribution in [2.45, 2.75) is 19.5 Å². The maximum absolute atomic E-state index is 13.0. The molecule has 1 aliphatic heterocycles. The number of alkyl halides is 3.